The van der Waals surface area contributed by atoms with Crippen molar-refractivity contribution in [1.29, 1.82) is 0 Å². The highest BCUT2D eigenvalue weighted by Crippen LogP contribution is 2.02. The second kappa shape index (κ2) is 12.4. The van der Waals surface area contributed by atoms with Crippen LogP contribution in [-0.2, 0) is 20.8 Å². The molecule has 1 aromatic rings. The van der Waals surface area contributed by atoms with E-state index in [9.17, 15) is 14.4 Å². The van der Waals surface area contributed by atoms with Gasteiger partial charge in [-0.3, -0.25) is 4.79 Å². The third-order valence-electron chi connectivity index (χ3n) is 2.84. The van der Waals surface area contributed by atoms with Gasteiger partial charge in [-0.2, -0.15) is 11.8 Å². The number of hydrogen-bond acceptors (Lipinski definition) is 5. The minimum atomic E-state index is -1.30. The predicted octanol–water partition coefficient (Wildman–Crippen LogP) is 1.00. The number of benzene rings is 1. The first-order chi connectivity index (χ1) is 11.3. The summed E-state index contributed by atoms with van der Waals surface area (Å²) in [6, 6.07) is 8.29. The van der Waals surface area contributed by atoms with Crippen molar-refractivity contribution in [2.75, 3.05) is 12.0 Å². The van der Waals surface area contributed by atoms with Gasteiger partial charge < -0.3 is 20.6 Å². The van der Waals surface area contributed by atoms with E-state index in [0.29, 0.717) is 6.42 Å². The van der Waals surface area contributed by atoms with Gasteiger partial charge in [0.15, 0.2) is 6.10 Å². The van der Waals surface area contributed by atoms with Gasteiger partial charge in [-0.15, -0.1) is 0 Å². The molecule has 0 aliphatic heterocycles. The number of aliphatic carboxylic acids is 2. The number of carboxylic acid groups (broad SMARTS) is 2. The van der Waals surface area contributed by atoms with Crippen molar-refractivity contribution in [3.8, 4) is 0 Å². The van der Waals surface area contributed by atoms with Gasteiger partial charge in [0.1, 0.15) is 6.04 Å². The Kier molecular flexibility index (Phi) is 11.3. The molecule has 0 saturated heterocycles. The fraction of sp³-hybridized carbons (Fsp3) is 0.438. The van der Waals surface area contributed by atoms with Gasteiger partial charge in [0.25, 0.3) is 0 Å². The van der Waals surface area contributed by atoms with Crippen molar-refractivity contribution >= 4 is 29.6 Å². The summed E-state index contributed by atoms with van der Waals surface area (Å²) in [6.07, 6.45) is 1.23. The molecule has 7 nitrogen and oxygen atoms in total. The van der Waals surface area contributed by atoms with Crippen LogP contribution >= 0.6 is 11.8 Å². The number of carbonyl (C=O) groups excluding carboxylic acids is 1. The van der Waals surface area contributed by atoms with Gasteiger partial charge in [0.05, 0.1) is 0 Å². The Bertz CT molecular complexity index is 523. The van der Waals surface area contributed by atoms with Crippen molar-refractivity contribution in [2.45, 2.75) is 31.9 Å². The van der Waals surface area contributed by atoms with Crippen LogP contribution < -0.4 is 5.32 Å². The summed E-state index contributed by atoms with van der Waals surface area (Å²) in [4.78, 5) is 31.3. The van der Waals surface area contributed by atoms with E-state index in [1.165, 1.54) is 6.92 Å². The molecule has 0 aromatic heterocycles. The second-order valence-corrected chi connectivity index (χ2v) is 5.90. The fourth-order valence-corrected chi connectivity index (χ4v) is 2.13. The van der Waals surface area contributed by atoms with Crippen molar-refractivity contribution in [2.24, 2.45) is 0 Å². The molecule has 0 fully saturated rings. The van der Waals surface area contributed by atoms with Gasteiger partial charge in [-0.25, -0.2) is 9.59 Å². The Morgan fingerprint density at radius 2 is 1.71 bits per heavy atom. The molecule has 0 aliphatic rings. The maximum Gasteiger partial charge on any atom is 0.332 e. The molecular weight excluding hydrogens is 334 g/mol. The van der Waals surface area contributed by atoms with E-state index < -0.39 is 24.1 Å². The molecule has 24 heavy (non-hydrogen) atoms. The van der Waals surface area contributed by atoms with E-state index in [2.05, 4.69) is 5.32 Å². The first kappa shape index (κ1) is 21.9. The summed E-state index contributed by atoms with van der Waals surface area (Å²) in [5, 5.41) is 28.4. The largest absolute Gasteiger partial charge is 0.480 e. The fourth-order valence-electron chi connectivity index (χ4n) is 1.66. The third-order valence-corrected chi connectivity index (χ3v) is 3.49. The van der Waals surface area contributed by atoms with Gasteiger partial charge in [0, 0.05) is 13.3 Å². The van der Waals surface area contributed by atoms with E-state index in [4.69, 9.17) is 15.3 Å². The second-order valence-electron chi connectivity index (χ2n) is 4.92. The lowest BCUT2D eigenvalue weighted by atomic mass is 10.1. The van der Waals surface area contributed by atoms with E-state index >= 15 is 0 Å². The molecule has 2 atom stereocenters. The number of rotatable bonds is 8. The van der Waals surface area contributed by atoms with Gasteiger partial charge >= 0.3 is 11.9 Å². The van der Waals surface area contributed by atoms with Crippen molar-refractivity contribution in [3.05, 3.63) is 35.9 Å². The van der Waals surface area contributed by atoms with Crippen LogP contribution in [0.2, 0.25) is 0 Å². The molecule has 0 radical (unpaired) electrons. The molecule has 0 heterocycles. The highest BCUT2D eigenvalue weighted by Gasteiger charge is 2.16. The van der Waals surface area contributed by atoms with Gasteiger partial charge in [-0.05, 0) is 24.0 Å². The smallest absolute Gasteiger partial charge is 0.332 e. The zero-order valence-corrected chi connectivity index (χ0v) is 14.5. The topological polar surface area (TPSA) is 124 Å². The van der Waals surface area contributed by atoms with E-state index in [0.717, 1.165) is 11.3 Å². The summed E-state index contributed by atoms with van der Waals surface area (Å²) in [5.41, 5.74) is 0.826. The molecule has 4 N–H and O–H groups in total. The number of aliphatic hydroxyl groups is 1. The van der Waals surface area contributed by atoms with Crippen LogP contribution in [-0.4, -0.2) is 57.3 Å². The summed E-state index contributed by atoms with van der Waals surface area (Å²) < 4.78 is 0. The first-order valence-electron chi connectivity index (χ1n) is 7.21. The number of hydrogen-bond donors (Lipinski definition) is 4. The number of carboxylic acids is 2. The van der Waals surface area contributed by atoms with Crippen LogP contribution in [0, 0.1) is 0 Å². The average molecular weight is 357 g/mol. The highest BCUT2D eigenvalue weighted by atomic mass is 32.2. The van der Waals surface area contributed by atoms with Crippen LogP contribution in [0.4, 0.5) is 0 Å². The zero-order chi connectivity index (χ0) is 18.5. The molecular formula is C16H23NO6S. The van der Waals surface area contributed by atoms with Gasteiger partial charge in [-0.1, -0.05) is 30.3 Å². The van der Waals surface area contributed by atoms with Crippen LogP contribution in [0.15, 0.2) is 30.3 Å². The first-order valence-corrected chi connectivity index (χ1v) is 8.61. The molecule has 1 rings (SSSR count). The Morgan fingerprint density at radius 3 is 2.12 bits per heavy atom. The number of aliphatic hydroxyl groups excluding tert-OH is 1. The molecule has 0 spiro atoms. The lowest BCUT2D eigenvalue weighted by molar-refractivity contribution is -0.146. The van der Waals surface area contributed by atoms with Crippen molar-refractivity contribution in [1.82, 2.24) is 5.32 Å². The number of carbonyl (C=O) groups is 3. The van der Waals surface area contributed by atoms with Crippen molar-refractivity contribution in [3.63, 3.8) is 0 Å². The molecule has 0 saturated carbocycles. The SMILES string of the molecule is CSCC[C@H](NC(C)=O)C(=O)O.O=C(O)C(O)Cc1ccccc1. The normalized spacial score (nSPS) is 12.3. The zero-order valence-electron chi connectivity index (χ0n) is 13.6. The number of nitrogens with one attached hydrogen (secondary N) is 1. The summed E-state index contributed by atoms with van der Waals surface area (Å²) >= 11 is 1.56. The van der Waals surface area contributed by atoms with E-state index in [-0.39, 0.29) is 12.3 Å². The predicted molar refractivity (Wildman–Crippen MR) is 92.0 cm³/mol. The third kappa shape index (κ3) is 10.6. The standard InChI is InChI=1S/C9H10O3.C7H13NO3S/c10-8(9(11)12)6-7-4-2-1-3-5-7;1-5(9)8-6(7(10)11)3-4-12-2/h1-5,8,10H,6H2,(H,11,12);6H,3-4H2,1-2H3,(H,8,9)(H,10,11)/t;6-/m.0/s1. The molecule has 1 unspecified atom stereocenters. The van der Waals surface area contributed by atoms with Crippen LogP contribution in [0.25, 0.3) is 0 Å². The maximum absolute atomic E-state index is 10.5. The molecule has 0 aliphatic carbocycles. The number of thioether (sulfide) groups is 1. The minimum Gasteiger partial charge on any atom is -0.480 e. The Morgan fingerprint density at radius 1 is 1.12 bits per heavy atom. The average Bonchev–Trinajstić information content (AvgIpc) is 2.52. The van der Waals surface area contributed by atoms with Crippen LogP contribution in [0.3, 0.4) is 0 Å². The lowest BCUT2D eigenvalue weighted by Crippen LogP contribution is -2.39. The highest BCUT2D eigenvalue weighted by molar-refractivity contribution is 7.98. The maximum atomic E-state index is 10.5. The van der Waals surface area contributed by atoms with Crippen LogP contribution in [0.1, 0.15) is 18.9 Å². The quantitative estimate of drug-likeness (QED) is 0.547. The van der Waals surface area contributed by atoms with Crippen LogP contribution in [0.5, 0.6) is 0 Å². The molecule has 0 bridgehead atoms. The monoisotopic (exact) mass is 357 g/mol. The Hall–Kier alpha value is -2.06. The molecule has 1 amide bonds. The van der Waals surface area contributed by atoms with E-state index in [1.807, 2.05) is 24.5 Å². The Labute approximate surface area is 145 Å². The lowest BCUT2D eigenvalue weighted by Gasteiger charge is -2.11. The van der Waals surface area contributed by atoms with E-state index in [1.54, 1.807) is 23.9 Å². The number of amides is 1. The molecule has 134 valence electrons. The molecule has 8 heteroatoms. The minimum absolute atomic E-state index is 0.163. The summed E-state index contributed by atoms with van der Waals surface area (Å²) in [6.45, 7) is 1.31. The summed E-state index contributed by atoms with van der Waals surface area (Å²) in [7, 11) is 0. The summed E-state index contributed by atoms with van der Waals surface area (Å²) in [5.74, 6) is -1.72. The van der Waals surface area contributed by atoms with Gasteiger partial charge in [0.2, 0.25) is 5.91 Å². The molecule has 1 aromatic carbocycles. The van der Waals surface area contributed by atoms with Crippen molar-refractivity contribution < 1.29 is 29.7 Å². The Balaban J connectivity index is 0.000000441.